The Balaban J connectivity index is 1.54. The molecule has 21 heavy (non-hydrogen) atoms. The number of aromatic nitrogens is 1. The second kappa shape index (κ2) is 4.94. The maximum atomic E-state index is 14.3. The Morgan fingerprint density at radius 1 is 1.33 bits per heavy atom. The summed E-state index contributed by atoms with van der Waals surface area (Å²) in [5, 5.41) is 6.28. The number of carbonyl (C=O) groups is 1. The topological polar surface area (TPSA) is 57.3 Å². The Kier molecular flexibility index (Phi) is 3.06. The van der Waals surface area contributed by atoms with Gasteiger partial charge in [0.2, 0.25) is 5.95 Å². The van der Waals surface area contributed by atoms with Gasteiger partial charge in [-0.3, -0.25) is 4.79 Å². The van der Waals surface area contributed by atoms with Gasteiger partial charge in [-0.2, -0.15) is 4.39 Å². The van der Waals surface area contributed by atoms with E-state index in [4.69, 9.17) is 0 Å². The summed E-state index contributed by atoms with van der Waals surface area (Å²) >= 11 is 0. The fourth-order valence-electron chi connectivity index (χ4n) is 3.18. The Bertz CT molecular complexity index is 575. The molecule has 0 aromatic carbocycles. The first-order valence-corrected chi connectivity index (χ1v) is 7.70. The highest BCUT2D eigenvalue weighted by Crippen LogP contribution is 2.33. The highest BCUT2D eigenvalue weighted by Gasteiger charge is 2.39. The van der Waals surface area contributed by atoms with Crippen LogP contribution in [0.4, 0.5) is 10.1 Å². The summed E-state index contributed by atoms with van der Waals surface area (Å²) in [6, 6.07) is 4.42. The SMILES string of the molecule is O=C(NC1CC1)c1ccc(N2CCNC3CCC32)c(F)n1. The molecule has 0 spiro atoms. The zero-order valence-electron chi connectivity index (χ0n) is 11.8. The highest BCUT2D eigenvalue weighted by molar-refractivity contribution is 5.92. The Hall–Kier alpha value is -1.69. The summed E-state index contributed by atoms with van der Waals surface area (Å²) in [4.78, 5) is 17.9. The molecule has 1 saturated heterocycles. The predicted octanol–water partition coefficient (Wildman–Crippen LogP) is 1.05. The molecule has 6 heteroatoms. The minimum absolute atomic E-state index is 0.170. The van der Waals surface area contributed by atoms with E-state index in [0.29, 0.717) is 17.8 Å². The number of amides is 1. The number of carbonyl (C=O) groups excluding carboxylic acids is 1. The van der Waals surface area contributed by atoms with E-state index >= 15 is 0 Å². The maximum absolute atomic E-state index is 14.3. The number of rotatable bonds is 3. The number of piperazine rings is 1. The van der Waals surface area contributed by atoms with Crippen LogP contribution in [0.2, 0.25) is 0 Å². The zero-order valence-corrected chi connectivity index (χ0v) is 11.8. The van der Waals surface area contributed by atoms with E-state index in [0.717, 1.165) is 38.8 Å². The minimum atomic E-state index is -0.536. The van der Waals surface area contributed by atoms with Gasteiger partial charge in [-0.15, -0.1) is 0 Å². The summed E-state index contributed by atoms with van der Waals surface area (Å²) < 4.78 is 14.3. The van der Waals surface area contributed by atoms with Crippen LogP contribution in [0.3, 0.4) is 0 Å². The first-order valence-electron chi connectivity index (χ1n) is 7.70. The zero-order chi connectivity index (χ0) is 14.4. The Morgan fingerprint density at radius 3 is 2.86 bits per heavy atom. The molecule has 2 saturated carbocycles. The summed E-state index contributed by atoms with van der Waals surface area (Å²) in [7, 11) is 0. The normalized spacial score (nSPS) is 27.8. The van der Waals surface area contributed by atoms with Crippen LogP contribution in [-0.4, -0.2) is 42.1 Å². The van der Waals surface area contributed by atoms with Crippen LogP contribution >= 0.6 is 0 Å². The molecule has 2 unspecified atom stereocenters. The average Bonchev–Trinajstić information content (AvgIpc) is 3.24. The van der Waals surface area contributed by atoms with Crippen LogP contribution in [0.15, 0.2) is 12.1 Å². The third-order valence-corrected chi connectivity index (χ3v) is 4.68. The van der Waals surface area contributed by atoms with E-state index < -0.39 is 5.95 Å². The van der Waals surface area contributed by atoms with Gasteiger partial charge in [0, 0.05) is 31.2 Å². The first kappa shape index (κ1) is 13.0. The molecule has 5 nitrogen and oxygen atoms in total. The molecule has 0 radical (unpaired) electrons. The number of hydrogen-bond donors (Lipinski definition) is 2. The lowest BCUT2D eigenvalue weighted by Crippen LogP contribution is -2.63. The predicted molar refractivity (Wildman–Crippen MR) is 76.8 cm³/mol. The number of nitrogens with one attached hydrogen (secondary N) is 2. The number of pyridine rings is 1. The molecule has 112 valence electrons. The van der Waals surface area contributed by atoms with Crippen LogP contribution in [0, 0.1) is 5.95 Å². The van der Waals surface area contributed by atoms with Gasteiger partial charge in [0.15, 0.2) is 0 Å². The van der Waals surface area contributed by atoms with Gasteiger partial charge in [0.05, 0.1) is 5.69 Å². The summed E-state index contributed by atoms with van der Waals surface area (Å²) in [6.45, 7) is 1.65. The van der Waals surface area contributed by atoms with E-state index in [1.165, 1.54) is 0 Å². The second-order valence-electron chi connectivity index (χ2n) is 6.15. The molecule has 2 heterocycles. The van der Waals surface area contributed by atoms with E-state index in [2.05, 4.69) is 20.5 Å². The minimum Gasteiger partial charge on any atom is -0.362 e. The molecular formula is C15H19FN4O. The van der Waals surface area contributed by atoms with Crippen molar-refractivity contribution >= 4 is 11.6 Å². The van der Waals surface area contributed by atoms with Crippen molar-refractivity contribution in [2.45, 2.75) is 43.8 Å². The Morgan fingerprint density at radius 2 is 2.19 bits per heavy atom. The van der Waals surface area contributed by atoms with Crippen molar-refractivity contribution in [2.24, 2.45) is 0 Å². The molecule has 1 aromatic heterocycles. The molecule has 1 aromatic rings. The lowest BCUT2D eigenvalue weighted by Gasteiger charge is -2.49. The summed E-state index contributed by atoms with van der Waals surface area (Å²) in [6.07, 6.45) is 4.26. The molecule has 2 N–H and O–H groups in total. The molecule has 3 aliphatic rings. The number of anilines is 1. The molecule has 2 atom stereocenters. The van der Waals surface area contributed by atoms with Gasteiger partial charge in [0.25, 0.3) is 5.91 Å². The van der Waals surface area contributed by atoms with Gasteiger partial charge < -0.3 is 15.5 Å². The summed E-state index contributed by atoms with van der Waals surface area (Å²) in [5.74, 6) is -0.809. The van der Waals surface area contributed by atoms with Crippen LogP contribution in [-0.2, 0) is 0 Å². The van der Waals surface area contributed by atoms with Crippen molar-refractivity contribution in [1.29, 1.82) is 0 Å². The number of nitrogens with zero attached hydrogens (tertiary/aromatic N) is 2. The quantitative estimate of drug-likeness (QED) is 0.817. The molecular weight excluding hydrogens is 271 g/mol. The molecule has 1 aliphatic heterocycles. The van der Waals surface area contributed by atoms with E-state index in [-0.39, 0.29) is 17.6 Å². The third-order valence-electron chi connectivity index (χ3n) is 4.68. The van der Waals surface area contributed by atoms with Crippen molar-refractivity contribution in [3.05, 3.63) is 23.8 Å². The van der Waals surface area contributed by atoms with Crippen molar-refractivity contribution in [3.63, 3.8) is 0 Å². The summed E-state index contributed by atoms with van der Waals surface area (Å²) in [5.41, 5.74) is 0.692. The van der Waals surface area contributed by atoms with Gasteiger partial charge in [-0.25, -0.2) is 4.98 Å². The van der Waals surface area contributed by atoms with Crippen molar-refractivity contribution < 1.29 is 9.18 Å². The van der Waals surface area contributed by atoms with E-state index in [1.807, 2.05) is 0 Å². The molecule has 3 fully saturated rings. The van der Waals surface area contributed by atoms with Crippen molar-refractivity contribution in [2.75, 3.05) is 18.0 Å². The molecule has 0 bridgehead atoms. The number of fused-ring (bicyclic) bond motifs is 1. The third kappa shape index (κ3) is 2.37. The average molecular weight is 290 g/mol. The van der Waals surface area contributed by atoms with E-state index in [9.17, 15) is 9.18 Å². The lowest BCUT2D eigenvalue weighted by atomic mass is 9.83. The lowest BCUT2D eigenvalue weighted by molar-refractivity contribution is 0.0945. The largest absolute Gasteiger partial charge is 0.362 e. The Labute approximate surface area is 122 Å². The van der Waals surface area contributed by atoms with Crippen molar-refractivity contribution in [3.8, 4) is 0 Å². The maximum Gasteiger partial charge on any atom is 0.270 e. The van der Waals surface area contributed by atoms with Gasteiger partial charge in [-0.1, -0.05) is 0 Å². The van der Waals surface area contributed by atoms with Crippen LogP contribution in [0.5, 0.6) is 0 Å². The highest BCUT2D eigenvalue weighted by atomic mass is 19.1. The molecule has 2 aliphatic carbocycles. The van der Waals surface area contributed by atoms with E-state index in [1.54, 1.807) is 12.1 Å². The number of hydrogen-bond acceptors (Lipinski definition) is 4. The fraction of sp³-hybridized carbons (Fsp3) is 0.600. The number of halogens is 1. The molecule has 1 amide bonds. The van der Waals surface area contributed by atoms with Crippen LogP contribution in [0.25, 0.3) is 0 Å². The van der Waals surface area contributed by atoms with Gasteiger partial charge in [-0.05, 0) is 37.8 Å². The smallest absolute Gasteiger partial charge is 0.270 e. The van der Waals surface area contributed by atoms with Crippen LogP contribution < -0.4 is 15.5 Å². The standard InChI is InChI=1S/C15H19FN4O/c16-14-13(20-8-7-17-10-3-5-12(10)20)6-4-11(19-14)15(21)18-9-1-2-9/h4,6,9-10,12,17H,1-3,5,7-8H2,(H,18,21). The van der Waals surface area contributed by atoms with Gasteiger partial charge in [0.1, 0.15) is 5.69 Å². The van der Waals surface area contributed by atoms with Gasteiger partial charge >= 0.3 is 0 Å². The van der Waals surface area contributed by atoms with Crippen molar-refractivity contribution in [1.82, 2.24) is 15.6 Å². The van der Waals surface area contributed by atoms with Crippen LogP contribution in [0.1, 0.15) is 36.2 Å². The first-order chi connectivity index (χ1) is 10.2. The monoisotopic (exact) mass is 290 g/mol. The fourth-order valence-corrected chi connectivity index (χ4v) is 3.18. The molecule has 4 rings (SSSR count). The second-order valence-corrected chi connectivity index (χ2v) is 6.15.